The van der Waals surface area contributed by atoms with Crippen molar-refractivity contribution in [2.24, 2.45) is 5.92 Å². The Morgan fingerprint density at radius 2 is 1.74 bits per heavy atom. The number of aryl methyl sites for hydroxylation is 1. The van der Waals surface area contributed by atoms with Crippen molar-refractivity contribution >= 4 is 17.5 Å². The van der Waals surface area contributed by atoms with Gasteiger partial charge in [-0.1, -0.05) is 26.0 Å². The highest BCUT2D eigenvalue weighted by Gasteiger charge is 2.22. The van der Waals surface area contributed by atoms with Crippen molar-refractivity contribution in [1.82, 2.24) is 10.6 Å². The molecule has 5 nitrogen and oxygen atoms in total. The number of nitrogens with zero attached hydrogens (tertiary/aromatic N) is 1. The SMILES string of the molecule is CC(=O)NC(C(=O)NCCCc1ccc(N(C)C)cc1)C(C)C. The Balaban J connectivity index is 2.38. The second-order valence-corrected chi connectivity index (χ2v) is 6.38. The van der Waals surface area contributed by atoms with E-state index in [4.69, 9.17) is 0 Å². The average Bonchev–Trinajstić information content (AvgIpc) is 2.49. The maximum atomic E-state index is 12.1. The van der Waals surface area contributed by atoms with Crippen molar-refractivity contribution in [2.45, 2.75) is 39.7 Å². The van der Waals surface area contributed by atoms with Crippen LogP contribution in [-0.2, 0) is 16.0 Å². The molecule has 0 heterocycles. The maximum absolute atomic E-state index is 12.1. The monoisotopic (exact) mass is 319 g/mol. The molecule has 0 saturated carbocycles. The second kappa shape index (κ2) is 9.18. The summed E-state index contributed by atoms with van der Waals surface area (Å²) in [6.45, 7) is 5.89. The standard InChI is InChI=1S/C18H29N3O2/c1-13(2)17(20-14(3)22)18(23)19-12-6-7-15-8-10-16(11-9-15)21(4)5/h8-11,13,17H,6-7,12H2,1-5H3,(H,19,23)(H,20,22). The number of hydrogen-bond acceptors (Lipinski definition) is 3. The number of carbonyl (C=O) groups is 2. The fourth-order valence-corrected chi connectivity index (χ4v) is 2.33. The lowest BCUT2D eigenvalue weighted by Gasteiger charge is -2.20. The molecule has 0 aromatic heterocycles. The Morgan fingerprint density at radius 3 is 2.22 bits per heavy atom. The second-order valence-electron chi connectivity index (χ2n) is 6.38. The number of benzene rings is 1. The lowest BCUT2D eigenvalue weighted by molar-refractivity contribution is -0.129. The van der Waals surface area contributed by atoms with Crippen LogP contribution in [-0.4, -0.2) is 38.5 Å². The number of amides is 2. The normalized spacial score (nSPS) is 11.9. The summed E-state index contributed by atoms with van der Waals surface area (Å²) in [6, 6.07) is 7.96. The van der Waals surface area contributed by atoms with Crippen LogP contribution >= 0.6 is 0 Å². The molecule has 0 bridgehead atoms. The average molecular weight is 319 g/mol. The molecular formula is C18H29N3O2. The van der Waals surface area contributed by atoms with Gasteiger partial charge in [-0.25, -0.2) is 0 Å². The topological polar surface area (TPSA) is 61.4 Å². The number of nitrogens with one attached hydrogen (secondary N) is 2. The zero-order valence-corrected chi connectivity index (χ0v) is 14.8. The summed E-state index contributed by atoms with van der Waals surface area (Å²) in [5.41, 5.74) is 2.43. The third-order valence-electron chi connectivity index (χ3n) is 3.70. The predicted molar refractivity (Wildman–Crippen MR) is 94.5 cm³/mol. The van der Waals surface area contributed by atoms with E-state index < -0.39 is 6.04 Å². The lowest BCUT2D eigenvalue weighted by Crippen LogP contribution is -2.49. The van der Waals surface area contributed by atoms with Crippen LogP contribution in [0.15, 0.2) is 24.3 Å². The Bertz CT molecular complexity index is 510. The number of rotatable bonds is 8. The van der Waals surface area contributed by atoms with E-state index in [9.17, 15) is 9.59 Å². The molecule has 5 heteroatoms. The molecule has 1 unspecified atom stereocenters. The van der Waals surface area contributed by atoms with Gasteiger partial charge in [0, 0.05) is 33.3 Å². The van der Waals surface area contributed by atoms with Gasteiger partial charge >= 0.3 is 0 Å². The van der Waals surface area contributed by atoms with Crippen LogP contribution in [0.2, 0.25) is 0 Å². The van der Waals surface area contributed by atoms with Gasteiger partial charge in [-0.05, 0) is 36.5 Å². The van der Waals surface area contributed by atoms with Gasteiger partial charge in [0.2, 0.25) is 11.8 Å². The minimum Gasteiger partial charge on any atom is -0.378 e. The summed E-state index contributed by atoms with van der Waals surface area (Å²) >= 11 is 0. The van der Waals surface area contributed by atoms with Crippen molar-refractivity contribution in [3.8, 4) is 0 Å². The van der Waals surface area contributed by atoms with E-state index in [-0.39, 0.29) is 17.7 Å². The first kappa shape index (κ1) is 19.0. The molecule has 23 heavy (non-hydrogen) atoms. The minimum atomic E-state index is -0.466. The predicted octanol–water partition coefficient (Wildman–Crippen LogP) is 1.96. The first-order chi connectivity index (χ1) is 10.8. The highest BCUT2D eigenvalue weighted by Crippen LogP contribution is 2.13. The van der Waals surface area contributed by atoms with Crippen LogP contribution in [0.25, 0.3) is 0 Å². The van der Waals surface area contributed by atoms with Crippen molar-refractivity contribution in [3.63, 3.8) is 0 Å². The summed E-state index contributed by atoms with van der Waals surface area (Å²) in [4.78, 5) is 25.3. The zero-order chi connectivity index (χ0) is 17.4. The van der Waals surface area contributed by atoms with Crippen LogP contribution in [0.4, 0.5) is 5.69 Å². The fourth-order valence-electron chi connectivity index (χ4n) is 2.33. The summed E-state index contributed by atoms with van der Waals surface area (Å²) < 4.78 is 0. The molecule has 1 atom stereocenters. The number of anilines is 1. The molecule has 0 saturated heterocycles. The number of hydrogen-bond donors (Lipinski definition) is 2. The molecule has 0 fully saturated rings. The van der Waals surface area contributed by atoms with E-state index in [1.807, 2.05) is 27.9 Å². The summed E-state index contributed by atoms with van der Waals surface area (Å²) in [7, 11) is 4.04. The molecule has 0 aliphatic rings. The first-order valence-electron chi connectivity index (χ1n) is 8.12. The van der Waals surface area contributed by atoms with Gasteiger partial charge < -0.3 is 15.5 Å². The van der Waals surface area contributed by atoms with Gasteiger partial charge in [-0.2, -0.15) is 0 Å². The van der Waals surface area contributed by atoms with Gasteiger partial charge in [-0.15, -0.1) is 0 Å². The molecule has 0 aliphatic carbocycles. The molecule has 0 aliphatic heterocycles. The van der Waals surface area contributed by atoms with Crippen molar-refractivity contribution < 1.29 is 9.59 Å². The molecule has 1 rings (SSSR count). The van der Waals surface area contributed by atoms with Crippen LogP contribution in [0.3, 0.4) is 0 Å². The van der Waals surface area contributed by atoms with Crippen LogP contribution in [0, 0.1) is 5.92 Å². The van der Waals surface area contributed by atoms with Crippen LogP contribution in [0.5, 0.6) is 0 Å². The van der Waals surface area contributed by atoms with E-state index >= 15 is 0 Å². The lowest BCUT2D eigenvalue weighted by atomic mass is 10.0. The van der Waals surface area contributed by atoms with Gasteiger partial charge in [0.05, 0.1) is 0 Å². The van der Waals surface area contributed by atoms with E-state index in [0.717, 1.165) is 12.8 Å². The molecule has 1 aromatic carbocycles. The third kappa shape index (κ3) is 6.72. The summed E-state index contributed by atoms with van der Waals surface area (Å²) in [5.74, 6) is -0.226. The Kier molecular flexibility index (Phi) is 7.59. The van der Waals surface area contributed by atoms with Gasteiger partial charge in [-0.3, -0.25) is 9.59 Å². The highest BCUT2D eigenvalue weighted by molar-refractivity contribution is 5.86. The maximum Gasteiger partial charge on any atom is 0.242 e. The van der Waals surface area contributed by atoms with Crippen molar-refractivity contribution in [1.29, 1.82) is 0 Å². The molecule has 0 spiro atoms. The van der Waals surface area contributed by atoms with Gasteiger partial charge in [0.1, 0.15) is 6.04 Å². The van der Waals surface area contributed by atoms with Crippen LogP contribution in [0.1, 0.15) is 32.8 Å². The first-order valence-corrected chi connectivity index (χ1v) is 8.12. The molecule has 1 aromatic rings. The Labute approximate surface area is 139 Å². The van der Waals surface area contributed by atoms with E-state index in [1.54, 1.807) is 0 Å². The minimum absolute atomic E-state index is 0.0671. The number of carbonyl (C=O) groups excluding carboxylic acids is 2. The Hall–Kier alpha value is -2.04. The zero-order valence-electron chi connectivity index (χ0n) is 14.8. The smallest absolute Gasteiger partial charge is 0.242 e. The molecule has 2 amide bonds. The third-order valence-corrected chi connectivity index (χ3v) is 3.70. The molecule has 2 N–H and O–H groups in total. The van der Waals surface area contributed by atoms with E-state index in [0.29, 0.717) is 6.54 Å². The Morgan fingerprint density at radius 1 is 1.13 bits per heavy atom. The highest BCUT2D eigenvalue weighted by atomic mass is 16.2. The fraction of sp³-hybridized carbons (Fsp3) is 0.556. The summed E-state index contributed by atoms with van der Waals surface area (Å²) in [5, 5.41) is 5.61. The van der Waals surface area contributed by atoms with Crippen molar-refractivity contribution in [2.75, 3.05) is 25.5 Å². The summed E-state index contributed by atoms with van der Waals surface area (Å²) in [6.07, 6.45) is 1.79. The van der Waals surface area contributed by atoms with Gasteiger partial charge in [0.15, 0.2) is 0 Å². The van der Waals surface area contributed by atoms with E-state index in [2.05, 4.69) is 39.8 Å². The molecule has 0 radical (unpaired) electrons. The van der Waals surface area contributed by atoms with Crippen molar-refractivity contribution in [3.05, 3.63) is 29.8 Å². The quantitative estimate of drug-likeness (QED) is 0.720. The van der Waals surface area contributed by atoms with E-state index in [1.165, 1.54) is 18.2 Å². The van der Waals surface area contributed by atoms with Crippen LogP contribution < -0.4 is 15.5 Å². The van der Waals surface area contributed by atoms with Gasteiger partial charge in [0.25, 0.3) is 0 Å². The molecular weight excluding hydrogens is 290 g/mol. The largest absolute Gasteiger partial charge is 0.378 e. The molecule has 128 valence electrons.